The number of hydrogen-bond donors (Lipinski definition) is 1. The van der Waals surface area contributed by atoms with E-state index in [4.69, 9.17) is 11.6 Å². The van der Waals surface area contributed by atoms with Crippen LogP contribution >= 0.6 is 11.6 Å². The first-order valence-corrected chi connectivity index (χ1v) is 10.4. The van der Waals surface area contributed by atoms with Crippen LogP contribution in [0.2, 0.25) is 5.02 Å². The normalized spacial score (nSPS) is 14.1. The van der Waals surface area contributed by atoms with Gasteiger partial charge >= 0.3 is 0 Å². The number of carbonyl (C=O) groups is 2. The highest BCUT2D eigenvalue weighted by Gasteiger charge is 2.34. The summed E-state index contributed by atoms with van der Waals surface area (Å²) in [5.41, 5.74) is 3.51. The number of rotatable bonds is 4. The number of amides is 2. The summed E-state index contributed by atoms with van der Waals surface area (Å²) >= 11 is 6.10. The molecule has 4 aromatic rings. The number of nitrogens with zero attached hydrogens (tertiary/aromatic N) is 1. The lowest BCUT2D eigenvalue weighted by molar-refractivity contribution is 0.0893. The molecule has 4 nitrogen and oxygen atoms in total. The van der Waals surface area contributed by atoms with Crippen LogP contribution in [0.4, 0.5) is 11.4 Å². The maximum Gasteiger partial charge on any atom is 0.265 e. The topological polar surface area (TPSA) is 49.4 Å². The number of halogens is 1. The van der Waals surface area contributed by atoms with Gasteiger partial charge in [-0.2, -0.15) is 0 Å². The van der Waals surface area contributed by atoms with Gasteiger partial charge in [-0.3, -0.25) is 9.59 Å². The Kier molecular flexibility index (Phi) is 4.72. The third-order valence-electron chi connectivity index (χ3n) is 5.65. The van der Waals surface area contributed by atoms with Crippen LogP contribution in [-0.4, -0.2) is 11.8 Å². The second kappa shape index (κ2) is 7.56. The van der Waals surface area contributed by atoms with Gasteiger partial charge in [0.05, 0.1) is 5.69 Å². The van der Waals surface area contributed by atoms with Crippen LogP contribution in [-0.2, 0) is 0 Å². The SMILES string of the molecule is C[C@H](Nc1ccc2c3c(cccc13)C(=O)N(c1cccc(Cl)c1)C2=O)c1ccccc1. The summed E-state index contributed by atoms with van der Waals surface area (Å²) in [6.45, 7) is 2.09. The summed E-state index contributed by atoms with van der Waals surface area (Å²) in [6, 6.07) is 26.2. The van der Waals surface area contributed by atoms with Crippen molar-refractivity contribution >= 4 is 45.6 Å². The molecule has 1 aliphatic heterocycles. The first-order chi connectivity index (χ1) is 15.0. The largest absolute Gasteiger partial charge is 0.378 e. The molecule has 4 aromatic carbocycles. The lowest BCUT2D eigenvalue weighted by Crippen LogP contribution is -2.40. The van der Waals surface area contributed by atoms with Crippen LogP contribution in [0.15, 0.2) is 84.9 Å². The third kappa shape index (κ3) is 3.25. The van der Waals surface area contributed by atoms with Gasteiger partial charge in [0.15, 0.2) is 0 Å². The minimum absolute atomic E-state index is 0.0659. The highest BCUT2D eigenvalue weighted by molar-refractivity contribution is 6.37. The molecule has 5 rings (SSSR count). The van der Waals surface area contributed by atoms with Crippen LogP contribution in [0.5, 0.6) is 0 Å². The molecule has 0 fully saturated rings. The van der Waals surface area contributed by atoms with Gasteiger partial charge in [0.1, 0.15) is 0 Å². The van der Waals surface area contributed by atoms with Crippen LogP contribution < -0.4 is 10.2 Å². The third-order valence-corrected chi connectivity index (χ3v) is 5.88. The fourth-order valence-electron chi connectivity index (χ4n) is 4.13. The number of hydrogen-bond acceptors (Lipinski definition) is 3. The summed E-state index contributed by atoms with van der Waals surface area (Å²) in [5.74, 6) is -0.697. The molecule has 0 saturated carbocycles. The van der Waals surface area contributed by atoms with Crippen molar-refractivity contribution in [2.24, 2.45) is 0 Å². The Bertz CT molecular complexity index is 1310. The van der Waals surface area contributed by atoms with Crippen molar-refractivity contribution in [3.8, 4) is 0 Å². The minimum atomic E-state index is -0.348. The zero-order chi connectivity index (χ0) is 21.5. The number of imide groups is 1. The van der Waals surface area contributed by atoms with Crippen LogP contribution in [0.25, 0.3) is 10.8 Å². The molecule has 0 aliphatic carbocycles. The molecule has 152 valence electrons. The molecule has 0 spiro atoms. The molecule has 0 radical (unpaired) electrons. The van der Waals surface area contributed by atoms with Crippen molar-refractivity contribution in [3.63, 3.8) is 0 Å². The Hall–Kier alpha value is -3.63. The molecule has 31 heavy (non-hydrogen) atoms. The molecule has 0 aromatic heterocycles. The Labute approximate surface area is 185 Å². The van der Waals surface area contributed by atoms with Gasteiger partial charge in [0, 0.05) is 38.7 Å². The van der Waals surface area contributed by atoms with Gasteiger partial charge in [-0.1, -0.05) is 60.1 Å². The molecule has 1 aliphatic rings. The Balaban J connectivity index is 1.61. The Morgan fingerprint density at radius 2 is 1.52 bits per heavy atom. The molecular weight excluding hydrogens is 408 g/mol. The average molecular weight is 427 g/mol. The molecule has 0 saturated heterocycles. The molecule has 0 bridgehead atoms. The molecular formula is C26H19ClN2O2. The van der Waals surface area contributed by atoms with Crippen molar-refractivity contribution in [1.29, 1.82) is 0 Å². The van der Waals surface area contributed by atoms with E-state index in [2.05, 4.69) is 24.4 Å². The quantitative estimate of drug-likeness (QED) is 0.380. The van der Waals surface area contributed by atoms with Crippen molar-refractivity contribution < 1.29 is 9.59 Å². The van der Waals surface area contributed by atoms with Gasteiger partial charge in [0.25, 0.3) is 11.8 Å². The van der Waals surface area contributed by atoms with Crippen molar-refractivity contribution in [2.75, 3.05) is 10.2 Å². The van der Waals surface area contributed by atoms with E-state index in [1.807, 2.05) is 36.4 Å². The van der Waals surface area contributed by atoms with Gasteiger partial charge in [-0.25, -0.2) is 4.90 Å². The molecule has 1 atom stereocenters. The van der Waals surface area contributed by atoms with Gasteiger partial charge in [-0.05, 0) is 48.9 Å². The number of anilines is 2. The van der Waals surface area contributed by atoms with Crippen molar-refractivity contribution in [3.05, 3.63) is 107 Å². The summed E-state index contributed by atoms with van der Waals surface area (Å²) in [6.07, 6.45) is 0. The summed E-state index contributed by atoms with van der Waals surface area (Å²) in [4.78, 5) is 27.8. The molecule has 0 unspecified atom stereocenters. The van der Waals surface area contributed by atoms with E-state index in [1.54, 1.807) is 36.4 Å². The highest BCUT2D eigenvalue weighted by Crippen LogP contribution is 2.37. The zero-order valence-electron chi connectivity index (χ0n) is 16.8. The van der Waals surface area contributed by atoms with E-state index >= 15 is 0 Å². The Morgan fingerprint density at radius 3 is 2.26 bits per heavy atom. The summed E-state index contributed by atoms with van der Waals surface area (Å²) < 4.78 is 0. The van der Waals surface area contributed by atoms with E-state index in [1.165, 1.54) is 4.90 Å². The standard InChI is InChI=1S/C26H19ClN2O2/c1-16(17-7-3-2-4-8-17)28-23-14-13-22-24-20(23)11-6-12-21(24)25(30)29(26(22)31)19-10-5-9-18(27)15-19/h2-16,28H,1H3/t16-/m0/s1. The van der Waals surface area contributed by atoms with E-state index in [9.17, 15) is 9.59 Å². The van der Waals surface area contributed by atoms with Gasteiger partial charge in [-0.15, -0.1) is 0 Å². The number of nitrogens with one attached hydrogen (secondary N) is 1. The predicted molar refractivity (Wildman–Crippen MR) is 125 cm³/mol. The molecule has 5 heteroatoms. The monoisotopic (exact) mass is 426 g/mol. The molecule has 1 N–H and O–H groups in total. The summed E-state index contributed by atoms with van der Waals surface area (Å²) in [7, 11) is 0. The molecule has 1 heterocycles. The lowest BCUT2D eigenvalue weighted by atomic mass is 9.92. The maximum atomic E-state index is 13.3. The average Bonchev–Trinajstić information content (AvgIpc) is 2.79. The van der Waals surface area contributed by atoms with Crippen molar-refractivity contribution in [2.45, 2.75) is 13.0 Å². The van der Waals surface area contributed by atoms with Crippen molar-refractivity contribution in [1.82, 2.24) is 0 Å². The first-order valence-electron chi connectivity index (χ1n) is 10.1. The lowest BCUT2D eigenvalue weighted by Gasteiger charge is -2.28. The fraction of sp³-hybridized carbons (Fsp3) is 0.0769. The highest BCUT2D eigenvalue weighted by atomic mass is 35.5. The number of carbonyl (C=O) groups excluding carboxylic acids is 2. The first kappa shape index (κ1) is 19.3. The maximum absolute atomic E-state index is 13.3. The smallest absolute Gasteiger partial charge is 0.265 e. The van der Waals surface area contributed by atoms with Gasteiger partial charge in [0.2, 0.25) is 0 Å². The molecule has 2 amide bonds. The minimum Gasteiger partial charge on any atom is -0.378 e. The second-order valence-electron chi connectivity index (χ2n) is 7.59. The van der Waals surface area contributed by atoms with Gasteiger partial charge < -0.3 is 5.32 Å². The van der Waals surface area contributed by atoms with Crippen LogP contribution in [0.3, 0.4) is 0 Å². The summed E-state index contributed by atoms with van der Waals surface area (Å²) in [5, 5.41) is 5.53. The Morgan fingerprint density at radius 1 is 0.806 bits per heavy atom. The van der Waals surface area contributed by atoms with Crippen LogP contribution in [0, 0.1) is 0 Å². The van der Waals surface area contributed by atoms with E-state index in [-0.39, 0.29) is 17.9 Å². The zero-order valence-corrected chi connectivity index (χ0v) is 17.6. The number of benzene rings is 4. The predicted octanol–water partition coefficient (Wildman–Crippen LogP) is 6.47. The van der Waals surface area contributed by atoms with E-state index < -0.39 is 0 Å². The van der Waals surface area contributed by atoms with E-state index in [0.29, 0.717) is 27.2 Å². The van der Waals surface area contributed by atoms with E-state index in [0.717, 1.165) is 16.6 Å². The van der Waals surface area contributed by atoms with Crippen LogP contribution in [0.1, 0.15) is 39.2 Å². The fourth-order valence-corrected chi connectivity index (χ4v) is 4.31. The second-order valence-corrected chi connectivity index (χ2v) is 8.03.